The quantitative estimate of drug-likeness (QED) is 0.398. The minimum atomic E-state index is 0.627. The predicted molar refractivity (Wildman–Crippen MR) is 107 cm³/mol. The molecule has 0 amide bonds. The van der Waals surface area contributed by atoms with E-state index >= 15 is 0 Å². The summed E-state index contributed by atoms with van der Waals surface area (Å²) in [6.07, 6.45) is 1.80. The lowest BCUT2D eigenvalue weighted by Gasteiger charge is -2.11. The van der Waals surface area contributed by atoms with Crippen LogP contribution in [0.2, 0.25) is 0 Å². The fraction of sp³-hybridized carbons (Fsp3) is 0.364. The van der Waals surface area contributed by atoms with Gasteiger partial charge in [-0.05, 0) is 64.8 Å². The molecule has 0 N–H and O–H groups in total. The van der Waals surface area contributed by atoms with Gasteiger partial charge in [0, 0.05) is 21.9 Å². The highest BCUT2D eigenvalue weighted by Gasteiger charge is 2.12. The summed E-state index contributed by atoms with van der Waals surface area (Å²) < 4.78 is 22.6. The van der Waals surface area contributed by atoms with E-state index in [4.69, 9.17) is 18.5 Å². The molecular formula is C22H24N2O4. The minimum Gasteiger partial charge on any atom is -0.493 e. The molecular weight excluding hydrogens is 356 g/mol. The number of nitrogens with zero attached hydrogens (tertiary/aromatic N) is 2. The minimum absolute atomic E-state index is 0.627. The maximum atomic E-state index is 5.92. The molecule has 0 aliphatic rings. The number of hydrogen-bond donors (Lipinski definition) is 0. The summed E-state index contributed by atoms with van der Waals surface area (Å²) in [5.41, 5.74) is 5.37. The Hall–Kier alpha value is -3.02. The standard InChI is InChI=1S/C22H24N2O4/c1-13-19(9-7-17-15(3)23-27-21(13)17)25-11-5-6-12-26-20-10-8-18-16(4)24-28-22(18)14(20)2/h7-10H,5-6,11-12H2,1-4H3. The van der Waals surface area contributed by atoms with Gasteiger partial charge in [0.15, 0.2) is 11.2 Å². The summed E-state index contributed by atoms with van der Waals surface area (Å²) in [5, 5.41) is 10.1. The highest BCUT2D eigenvalue weighted by atomic mass is 16.5. The maximum absolute atomic E-state index is 5.92. The van der Waals surface area contributed by atoms with Gasteiger partial charge in [-0.2, -0.15) is 0 Å². The van der Waals surface area contributed by atoms with Crippen molar-refractivity contribution in [3.8, 4) is 11.5 Å². The van der Waals surface area contributed by atoms with Crippen LogP contribution < -0.4 is 9.47 Å². The van der Waals surface area contributed by atoms with Crippen LogP contribution in [-0.2, 0) is 0 Å². The Kier molecular flexibility index (Phi) is 4.94. The number of fused-ring (bicyclic) bond motifs is 2. The van der Waals surface area contributed by atoms with Gasteiger partial charge in [0.05, 0.1) is 24.6 Å². The molecule has 6 heteroatoms. The van der Waals surface area contributed by atoms with Crippen LogP contribution in [0.25, 0.3) is 21.9 Å². The molecule has 2 aromatic heterocycles. The molecule has 4 rings (SSSR count). The van der Waals surface area contributed by atoms with Gasteiger partial charge < -0.3 is 18.5 Å². The van der Waals surface area contributed by atoms with Crippen molar-refractivity contribution in [3.05, 3.63) is 46.8 Å². The van der Waals surface area contributed by atoms with Crippen LogP contribution in [0.4, 0.5) is 0 Å². The van der Waals surface area contributed by atoms with Crippen molar-refractivity contribution in [2.45, 2.75) is 40.5 Å². The monoisotopic (exact) mass is 380 g/mol. The van der Waals surface area contributed by atoms with Crippen molar-refractivity contribution >= 4 is 21.9 Å². The van der Waals surface area contributed by atoms with E-state index in [1.807, 2.05) is 52.0 Å². The van der Waals surface area contributed by atoms with Crippen LogP contribution in [0, 0.1) is 27.7 Å². The van der Waals surface area contributed by atoms with Crippen LogP contribution in [0.15, 0.2) is 33.3 Å². The number of benzene rings is 2. The Balaban J connectivity index is 1.28. The summed E-state index contributed by atoms with van der Waals surface area (Å²) in [6.45, 7) is 9.12. The van der Waals surface area contributed by atoms with Crippen LogP contribution in [0.5, 0.6) is 11.5 Å². The molecule has 0 aliphatic carbocycles. The molecule has 0 saturated heterocycles. The zero-order valence-electron chi connectivity index (χ0n) is 16.7. The number of hydrogen-bond acceptors (Lipinski definition) is 6. The molecule has 0 atom stereocenters. The molecule has 0 spiro atoms. The fourth-order valence-corrected chi connectivity index (χ4v) is 3.36. The molecule has 0 radical (unpaired) electrons. The molecule has 0 saturated carbocycles. The first-order valence-corrected chi connectivity index (χ1v) is 9.53. The smallest absolute Gasteiger partial charge is 0.173 e. The first-order valence-electron chi connectivity index (χ1n) is 9.53. The molecule has 2 aromatic carbocycles. The lowest BCUT2D eigenvalue weighted by molar-refractivity contribution is 0.264. The van der Waals surface area contributed by atoms with Crippen LogP contribution >= 0.6 is 0 Å². The van der Waals surface area contributed by atoms with Crippen LogP contribution in [-0.4, -0.2) is 23.5 Å². The van der Waals surface area contributed by atoms with E-state index in [0.29, 0.717) is 13.2 Å². The number of aryl methyl sites for hydroxylation is 4. The zero-order valence-corrected chi connectivity index (χ0v) is 16.7. The third-order valence-corrected chi connectivity index (χ3v) is 5.09. The van der Waals surface area contributed by atoms with Crippen molar-refractivity contribution < 1.29 is 18.5 Å². The second-order valence-corrected chi connectivity index (χ2v) is 7.07. The Morgan fingerprint density at radius 3 is 1.54 bits per heavy atom. The average molecular weight is 380 g/mol. The van der Waals surface area contributed by atoms with Gasteiger partial charge in [0.2, 0.25) is 0 Å². The van der Waals surface area contributed by atoms with E-state index in [1.165, 1.54) is 0 Å². The van der Waals surface area contributed by atoms with Crippen molar-refractivity contribution in [1.29, 1.82) is 0 Å². The van der Waals surface area contributed by atoms with E-state index in [-0.39, 0.29) is 0 Å². The van der Waals surface area contributed by atoms with Gasteiger partial charge in [-0.25, -0.2) is 0 Å². The second kappa shape index (κ2) is 7.54. The summed E-state index contributed by atoms with van der Waals surface area (Å²) in [4.78, 5) is 0. The van der Waals surface area contributed by atoms with Gasteiger partial charge in [0.25, 0.3) is 0 Å². The van der Waals surface area contributed by atoms with Gasteiger partial charge in [0.1, 0.15) is 11.5 Å². The second-order valence-electron chi connectivity index (χ2n) is 7.07. The largest absolute Gasteiger partial charge is 0.493 e. The fourth-order valence-electron chi connectivity index (χ4n) is 3.36. The van der Waals surface area contributed by atoms with Crippen molar-refractivity contribution in [2.24, 2.45) is 0 Å². The number of aromatic nitrogens is 2. The van der Waals surface area contributed by atoms with E-state index < -0.39 is 0 Å². The van der Waals surface area contributed by atoms with E-state index in [9.17, 15) is 0 Å². The Bertz CT molecular complexity index is 1040. The van der Waals surface area contributed by atoms with E-state index in [1.54, 1.807) is 0 Å². The molecule has 0 unspecified atom stereocenters. The predicted octanol–water partition coefficient (Wildman–Crippen LogP) is 5.44. The molecule has 0 fully saturated rings. The Morgan fingerprint density at radius 2 is 1.11 bits per heavy atom. The first-order chi connectivity index (χ1) is 13.6. The first kappa shape index (κ1) is 18.3. The molecule has 2 heterocycles. The summed E-state index contributed by atoms with van der Waals surface area (Å²) >= 11 is 0. The highest BCUT2D eigenvalue weighted by Crippen LogP contribution is 2.30. The molecule has 0 bridgehead atoms. The molecule has 0 aliphatic heterocycles. The summed E-state index contributed by atoms with van der Waals surface area (Å²) in [7, 11) is 0. The van der Waals surface area contributed by atoms with E-state index in [0.717, 1.165) is 68.8 Å². The summed E-state index contributed by atoms with van der Waals surface area (Å²) in [6, 6.07) is 7.96. The highest BCUT2D eigenvalue weighted by molar-refractivity contribution is 5.84. The lowest BCUT2D eigenvalue weighted by atomic mass is 10.1. The molecule has 4 aromatic rings. The maximum Gasteiger partial charge on any atom is 0.173 e. The van der Waals surface area contributed by atoms with Gasteiger partial charge >= 0.3 is 0 Å². The topological polar surface area (TPSA) is 70.5 Å². The number of unbranched alkanes of at least 4 members (excludes halogenated alkanes) is 1. The van der Waals surface area contributed by atoms with Gasteiger partial charge in [-0.15, -0.1) is 0 Å². The van der Waals surface area contributed by atoms with Crippen LogP contribution in [0.1, 0.15) is 35.4 Å². The third-order valence-electron chi connectivity index (χ3n) is 5.09. The van der Waals surface area contributed by atoms with Crippen LogP contribution in [0.3, 0.4) is 0 Å². The van der Waals surface area contributed by atoms with Crippen molar-refractivity contribution in [1.82, 2.24) is 10.3 Å². The number of ether oxygens (including phenoxy) is 2. The van der Waals surface area contributed by atoms with E-state index in [2.05, 4.69) is 10.3 Å². The molecule has 146 valence electrons. The Morgan fingerprint density at radius 1 is 0.679 bits per heavy atom. The SMILES string of the molecule is Cc1noc2c(C)c(OCCCCOc3ccc4c(C)noc4c3C)ccc12. The van der Waals surface area contributed by atoms with Crippen molar-refractivity contribution in [3.63, 3.8) is 0 Å². The van der Waals surface area contributed by atoms with Gasteiger partial charge in [-0.1, -0.05) is 10.3 Å². The summed E-state index contributed by atoms with van der Waals surface area (Å²) in [5.74, 6) is 1.68. The van der Waals surface area contributed by atoms with Gasteiger partial charge in [-0.3, -0.25) is 0 Å². The average Bonchev–Trinajstić information content (AvgIpc) is 3.25. The Labute approximate surface area is 163 Å². The third kappa shape index (κ3) is 3.30. The molecule has 28 heavy (non-hydrogen) atoms. The van der Waals surface area contributed by atoms with Crippen molar-refractivity contribution in [2.75, 3.05) is 13.2 Å². The normalized spacial score (nSPS) is 11.4. The molecule has 6 nitrogen and oxygen atoms in total. The lowest BCUT2D eigenvalue weighted by Crippen LogP contribution is -2.04. The zero-order chi connectivity index (χ0) is 19.7. The number of rotatable bonds is 7.